The molecule has 17 heavy (non-hydrogen) atoms. The molecule has 0 bridgehead atoms. The molecular weight excluding hydrogens is 219 g/mol. The molecule has 2 heterocycles. The molecule has 0 aromatic carbocycles. The second-order valence-electron chi connectivity index (χ2n) is 4.83. The molecule has 1 unspecified atom stereocenters. The van der Waals surface area contributed by atoms with Crippen LogP contribution < -0.4 is 5.46 Å². The maximum Gasteiger partial charge on any atom is 0.497 e. The van der Waals surface area contributed by atoms with Crippen LogP contribution in [0.3, 0.4) is 0 Å². The second kappa shape index (κ2) is 4.80. The van der Waals surface area contributed by atoms with Crippen LogP contribution in [-0.2, 0) is 14.0 Å². The Bertz CT molecular complexity index is 381. The SMILES string of the molecule is CCOC(C)n1cc(B2OCC(C)(C)O2)cn1. The summed E-state index contributed by atoms with van der Waals surface area (Å²) in [7, 11) is -0.312. The first kappa shape index (κ1) is 12.6. The van der Waals surface area contributed by atoms with Gasteiger partial charge in [0.1, 0.15) is 6.23 Å². The highest BCUT2D eigenvalue weighted by molar-refractivity contribution is 6.61. The minimum absolute atomic E-state index is 0.0665. The van der Waals surface area contributed by atoms with Gasteiger partial charge in [0.2, 0.25) is 0 Å². The van der Waals surface area contributed by atoms with Gasteiger partial charge in [-0.3, -0.25) is 0 Å². The van der Waals surface area contributed by atoms with Gasteiger partial charge in [0.25, 0.3) is 0 Å². The molecule has 0 radical (unpaired) electrons. The van der Waals surface area contributed by atoms with Crippen molar-refractivity contribution in [3.63, 3.8) is 0 Å². The van der Waals surface area contributed by atoms with Crippen LogP contribution in [0.15, 0.2) is 12.4 Å². The molecule has 94 valence electrons. The largest absolute Gasteiger partial charge is 0.497 e. The van der Waals surface area contributed by atoms with E-state index < -0.39 is 0 Å². The second-order valence-corrected chi connectivity index (χ2v) is 4.83. The average molecular weight is 238 g/mol. The van der Waals surface area contributed by atoms with E-state index in [1.165, 1.54) is 0 Å². The Kier molecular flexibility index (Phi) is 3.56. The van der Waals surface area contributed by atoms with E-state index in [2.05, 4.69) is 5.10 Å². The van der Waals surface area contributed by atoms with E-state index >= 15 is 0 Å². The van der Waals surface area contributed by atoms with Crippen LogP contribution in [0.25, 0.3) is 0 Å². The minimum Gasteiger partial charge on any atom is -0.404 e. The fourth-order valence-electron chi connectivity index (χ4n) is 1.79. The van der Waals surface area contributed by atoms with Crippen molar-refractivity contribution in [3.8, 4) is 0 Å². The molecule has 5 nitrogen and oxygen atoms in total. The molecule has 0 aliphatic carbocycles. The van der Waals surface area contributed by atoms with E-state index in [4.69, 9.17) is 14.0 Å². The predicted octanol–water partition coefficient (Wildman–Crippen LogP) is 0.959. The molecule has 1 aliphatic rings. The standard InChI is InChI=1S/C11H19BN2O3/c1-5-15-9(2)14-7-10(6-13-14)12-16-8-11(3,4)17-12/h6-7,9H,5,8H2,1-4H3. The van der Waals surface area contributed by atoms with Crippen molar-refractivity contribution >= 4 is 12.6 Å². The van der Waals surface area contributed by atoms with E-state index in [-0.39, 0.29) is 18.9 Å². The minimum atomic E-state index is -0.312. The van der Waals surface area contributed by atoms with Crippen LogP contribution >= 0.6 is 0 Å². The smallest absolute Gasteiger partial charge is 0.404 e. The number of hydrogen-bond donors (Lipinski definition) is 0. The highest BCUT2D eigenvalue weighted by Crippen LogP contribution is 2.19. The quantitative estimate of drug-likeness (QED) is 0.733. The molecule has 1 saturated heterocycles. The monoisotopic (exact) mass is 238 g/mol. The molecule has 1 aromatic heterocycles. The maximum atomic E-state index is 5.77. The van der Waals surface area contributed by atoms with Gasteiger partial charge in [-0.05, 0) is 27.7 Å². The fourth-order valence-corrected chi connectivity index (χ4v) is 1.79. The zero-order valence-electron chi connectivity index (χ0n) is 10.8. The molecule has 0 spiro atoms. The van der Waals surface area contributed by atoms with Crippen molar-refractivity contribution in [3.05, 3.63) is 12.4 Å². The Morgan fingerprint density at radius 1 is 1.65 bits per heavy atom. The lowest BCUT2D eigenvalue weighted by Gasteiger charge is -2.15. The van der Waals surface area contributed by atoms with Gasteiger partial charge >= 0.3 is 7.12 Å². The molecular formula is C11H19BN2O3. The first-order valence-corrected chi connectivity index (χ1v) is 5.97. The zero-order valence-corrected chi connectivity index (χ0v) is 10.8. The number of nitrogens with zero attached hydrogens (tertiary/aromatic N) is 2. The Morgan fingerprint density at radius 2 is 2.41 bits per heavy atom. The third-order valence-corrected chi connectivity index (χ3v) is 2.68. The molecule has 2 rings (SSSR count). The summed E-state index contributed by atoms with van der Waals surface area (Å²) in [6.45, 7) is 9.22. The number of ether oxygens (including phenoxy) is 1. The summed E-state index contributed by atoms with van der Waals surface area (Å²) in [5, 5.41) is 4.26. The van der Waals surface area contributed by atoms with Crippen LogP contribution in [0.5, 0.6) is 0 Å². The zero-order chi connectivity index (χ0) is 12.5. The molecule has 6 heteroatoms. The molecule has 1 aromatic rings. The molecule has 1 fully saturated rings. The summed E-state index contributed by atoms with van der Waals surface area (Å²) in [4.78, 5) is 0. The Labute approximate surface area is 102 Å². The Balaban J connectivity index is 2.04. The van der Waals surface area contributed by atoms with Gasteiger partial charge < -0.3 is 14.0 Å². The predicted molar refractivity (Wildman–Crippen MR) is 65.1 cm³/mol. The van der Waals surface area contributed by atoms with Gasteiger partial charge in [0.05, 0.1) is 12.2 Å². The summed E-state index contributed by atoms with van der Waals surface area (Å²) in [6.07, 6.45) is 3.61. The molecule has 1 aliphatic heterocycles. The van der Waals surface area contributed by atoms with Crippen LogP contribution in [0.1, 0.15) is 33.9 Å². The van der Waals surface area contributed by atoms with Crippen LogP contribution in [0.4, 0.5) is 0 Å². The van der Waals surface area contributed by atoms with Crippen LogP contribution in [0.2, 0.25) is 0 Å². The lowest BCUT2D eigenvalue weighted by atomic mass is 9.82. The third-order valence-electron chi connectivity index (χ3n) is 2.68. The van der Waals surface area contributed by atoms with E-state index in [1.807, 2.05) is 33.9 Å². The number of aromatic nitrogens is 2. The fraction of sp³-hybridized carbons (Fsp3) is 0.727. The summed E-state index contributed by atoms with van der Waals surface area (Å²) in [5.41, 5.74) is 0.709. The van der Waals surface area contributed by atoms with Gasteiger partial charge in [-0.2, -0.15) is 5.10 Å². The highest BCUT2D eigenvalue weighted by atomic mass is 16.7. The van der Waals surface area contributed by atoms with Gasteiger partial charge in [-0.25, -0.2) is 4.68 Å². The Hall–Kier alpha value is -0.845. The topological polar surface area (TPSA) is 45.5 Å². The summed E-state index contributed by atoms with van der Waals surface area (Å²) < 4.78 is 18.6. The van der Waals surface area contributed by atoms with Crippen molar-refractivity contribution in [1.29, 1.82) is 0 Å². The first-order valence-electron chi connectivity index (χ1n) is 5.97. The van der Waals surface area contributed by atoms with E-state index in [0.717, 1.165) is 5.46 Å². The summed E-state index contributed by atoms with van der Waals surface area (Å²) >= 11 is 0. The van der Waals surface area contributed by atoms with E-state index in [9.17, 15) is 0 Å². The molecule has 0 amide bonds. The van der Waals surface area contributed by atoms with Crippen molar-refractivity contribution in [2.75, 3.05) is 13.2 Å². The van der Waals surface area contributed by atoms with Crippen molar-refractivity contribution in [2.45, 2.75) is 39.5 Å². The average Bonchev–Trinajstić information content (AvgIpc) is 2.84. The lowest BCUT2D eigenvalue weighted by molar-refractivity contribution is 0.0160. The third kappa shape index (κ3) is 2.88. The Morgan fingerprint density at radius 3 is 3.00 bits per heavy atom. The van der Waals surface area contributed by atoms with E-state index in [0.29, 0.717) is 13.2 Å². The van der Waals surface area contributed by atoms with Gasteiger partial charge in [0, 0.05) is 24.5 Å². The normalized spacial score (nSPS) is 20.8. The maximum absolute atomic E-state index is 5.77. The van der Waals surface area contributed by atoms with Gasteiger partial charge in [-0.1, -0.05) is 0 Å². The van der Waals surface area contributed by atoms with Crippen molar-refractivity contribution in [1.82, 2.24) is 9.78 Å². The first-order chi connectivity index (χ1) is 8.02. The van der Waals surface area contributed by atoms with Crippen LogP contribution in [0, 0.1) is 0 Å². The van der Waals surface area contributed by atoms with E-state index in [1.54, 1.807) is 10.9 Å². The number of rotatable bonds is 4. The van der Waals surface area contributed by atoms with Gasteiger partial charge in [0.15, 0.2) is 0 Å². The van der Waals surface area contributed by atoms with Crippen molar-refractivity contribution in [2.24, 2.45) is 0 Å². The van der Waals surface area contributed by atoms with Crippen molar-refractivity contribution < 1.29 is 14.0 Å². The summed E-state index contributed by atoms with van der Waals surface area (Å²) in [6, 6.07) is 0. The summed E-state index contributed by atoms with van der Waals surface area (Å²) in [5.74, 6) is 0. The van der Waals surface area contributed by atoms with Gasteiger partial charge in [-0.15, -0.1) is 0 Å². The number of hydrogen-bond acceptors (Lipinski definition) is 4. The van der Waals surface area contributed by atoms with Crippen LogP contribution in [-0.4, -0.2) is 35.7 Å². The lowest BCUT2D eigenvalue weighted by Crippen LogP contribution is -2.33. The molecule has 1 atom stereocenters. The highest BCUT2D eigenvalue weighted by Gasteiger charge is 2.39. The molecule has 0 saturated carbocycles. The molecule has 0 N–H and O–H groups in total.